The number of halogens is 1. The molecule has 2 nitrogen and oxygen atoms in total. The molecule has 1 saturated carbocycles. The van der Waals surface area contributed by atoms with E-state index < -0.39 is 11.0 Å². The molecule has 0 aliphatic heterocycles. The van der Waals surface area contributed by atoms with Crippen molar-refractivity contribution in [2.24, 2.45) is 11.3 Å². The molecule has 108 valence electrons. The van der Waals surface area contributed by atoms with Crippen LogP contribution in [0.25, 0.3) is 0 Å². The van der Waals surface area contributed by atoms with Crippen molar-refractivity contribution in [2.75, 3.05) is 0 Å². The number of hydrogen-bond acceptors (Lipinski definition) is 2. The Hall–Kier alpha value is -1.40. The fourth-order valence-corrected chi connectivity index (χ4v) is 3.24. The maximum atomic E-state index is 13.3. The van der Waals surface area contributed by atoms with E-state index in [4.69, 9.17) is 0 Å². The summed E-state index contributed by atoms with van der Waals surface area (Å²) in [5.74, 6) is 0.308. The van der Waals surface area contributed by atoms with Crippen molar-refractivity contribution in [3.05, 3.63) is 35.6 Å². The van der Waals surface area contributed by atoms with E-state index in [-0.39, 0.29) is 5.82 Å². The zero-order valence-corrected chi connectivity index (χ0v) is 12.2. The van der Waals surface area contributed by atoms with Crippen LogP contribution in [0, 0.1) is 28.5 Å². The highest BCUT2D eigenvalue weighted by atomic mass is 19.1. The summed E-state index contributed by atoms with van der Waals surface area (Å²) in [6, 6.07) is 8.64. The van der Waals surface area contributed by atoms with Crippen LogP contribution in [0.1, 0.15) is 45.1 Å². The molecule has 0 bridgehead atoms. The maximum absolute atomic E-state index is 13.3. The zero-order chi connectivity index (χ0) is 14.8. The van der Waals surface area contributed by atoms with Crippen molar-refractivity contribution in [1.29, 1.82) is 5.26 Å². The van der Waals surface area contributed by atoms with Crippen molar-refractivity contribution in [2.45, 2.75) is 51.6 Å². The SMILES string of the molecule is CC1CCC(C#N)(C(C)(O)Cc2cccc(F)c2)CC1. The Morgan fingerprint density at radius 2 is 2.10 bits per heavy atom. The van der Waals surface area contributed by atoms with E-state index in [0.717, 1.165) is 18.4 Å². The van der Waals surface area contributed by atoms with Gasteiger partial charge in [0, 0.05) is 6.42 Å². The van der Waals surface area contributed by atoms with Crippen molar-refractivity contribution >= 4 is 0 Å². The molecule has 1 atom stereocenters. The van der Waals surface area contributed by atoms with Crippen LogP contribution in [0.2, 0.25) is 0 Å². The summed E-state index contributed by atoms with van der Waals surface area (Å²) in [4.78, 5) is 0. The Labute approximate surface area is 120 Å². The number of nitriles is 1. The molecule has 2 rings (SSSR count). The molecule has 1 aliphatic carbocycles. The van der Waals surface area contributed by atoms with Gasteiger partial charge in [-0.3, -0.25) is 0 Å². The van der Waals surface area contributed by atoms with Gasteiger partial charge in [0.1, 0.15) is 5.82 Å². The number of benzene rings is 1. The van der Waals surface area contributed by atoms with Crippen molar-refractivity contribution in [1.82, 2.24) is 0 Å². The number of rotatable bonds is 3. The molecule has 1 N–H and O–H groups in total. The highest BCUT2D eigenvalue weighted by Gasteiger charge is 2.48. The standard InChI is InChI=1S/C17H22FNO/c1-13-6-8-17(12-19,9-7-13)16(2,20)11-14-4-3-5-15(18)10-14/h3-5,10,13,20H,6-9,11H2,1-2H3. The molecule has 1 unspecified atom stereocenters. The first kappa shape index (κ1) is 15.0. The zero-order valence-electron chi connectivity index (χ0n) is 12.2. The third-order valence-electron chi connectivity index (χ3n) is 4.81. The topological polar surface area (TPSA) is 44.0 Å². The van der Waals surface area contributed by atoms with E-state index >= 15 is 0 Å². The van der Waals surface area contributed by atoms with Crippen LogP contribution in [0.4, 0.5) is 4.39 Å². The van der Waals surface area contributed by atoms with Gasteiger partial charge in [-0.2, -0.15) is 5.26 Å². The van der Waals surface area contributed by atoms with E-state index in [2.05, 4.69) is 13.0 Å². The predicted octanol–water partition coefficient (Wildman–Crippen LogP) is 3.84. The van der Waals surface area contributed by atoms with E-state index in [1.54, 1.807) is 19.1 Å². The van der Waals surface area contributed by atoms with Gasteiger partial charge in [0.25, 0.3) is 0 Å². The number of hydrogen-bond donors (Lipinski definition) is 1. The monoisotopic (exact) mass is 275 g/mol. The Balaban J connectivity index is 2.22. The van der Waals surface area contributed by atoms with E-state index in [0.29, 0.717) is 25.2 Å². The van der Waals surface area contributed by atoms with Crippen LogP contribution in [-0.2, 0) is 6.42 Å². The maximum Gasteiger partial charge on any atom is 0.123 e. The Morgan fingerprint density at radius 1 is 1.45 bits per heavy atom. The summed E-state index contributed by atoms with van der Waals surface area (Å²) in [5.41, 5.74) is -1.11. The first-order valence-electron chi connectivity index (χ1n) is 7.27. The molecular weight excluding hydrogens is 253 g/mol. The summed E-state index contributed by atoms with van der Waals surface area (Å²) in [6.45, 7) is 3.90. The van der Waals surface area contributed by atoms with Crippen LogP contribution in [0.3, 0.4) is 0 Å². The van der Waals surface area contributed by atoms with Crippen LogP contribution in [0.5, 0.6) is 0 Å². The van der Waals surface area contributed by atoms with Gasteiger partial charge in [0.15, 0.2) is 0 Å². The predicted molar refractivity (Wildman–Crippen MR) is 76.4 cm³/mol. The third kappa shape index (κ3) is 2.86. The van der Waals surface area contributed by atoms with Crippen molar-refractivity contribution in [3.8, 4) is 6.07 Å². The van der Waals surface area contributed by atoms with Gasteiger partial charge in [-0.25, -0.2) is 4.39 Å². The smallest absolute Gasteiger partial charge is 0.123 e. The molecule has 1 aromatic carbocycles. The fraction of sp³-hybridized carbons (Fsp3) is 0.588. The third-order valence-corrected chi connectivity index (χ3v) is 4.81. The number of nitrogens with zero attached hydrogens (tertiary/aromatic N) is 1. The lowest BCUT2D eigenvalue weighted by molar-refractivity contribution is -0.0621. The van der Waals surface area contributed by atoms with E-state index in [1.807, 2.05) is 0 Å². The van der Waals surface area contributed by atoms with Crippen molar-refractivity contribution < 1.29 is 9.50 Å². The largest absolute Gasteiger partial charge is 0.388 e. The lowest BCUT2D eigenvalue weighted by Gasteiger charge is -2.44. The molecule has 1 fully saturated rings. The molecule has 20 heavy (non-hydrogen) atoms. The normalized spacial score (nSPS) is 29.4. The Morgan fingerprint density at radius 3 is 2.65 bits per heavy atom. The minimum Gasteiger partial charge on any atom is -0.388 e. The van der Waals surface area contributed by atoms with E-state index in [9.17, 15) is 14.8 Å². The molecule has 0 spiro atoms. The average Bonchev–Trinajstić information content (AvgIpc) is 2.39. The quantitative estimate of drug-likeness (QED) is 0.910. The molecule has 0 aromatic heterocycles. The second kappa shape index (κ2) is 5.54. The molecule has 0 radical (unpaired) electrons. The highest BCUT2D eigenvalue weighted by molar-refractivity contribution is 5.22. The van der Waals surface area contributed by atoms with Gasteiger partial charge >= 0.3 is 0 Å². The summed E-state index contributed by atoms with van der Waals surface area (Å²) >= 11 is 0. The fourth-order valence-electron chi connectivity index (χ4n) is 3.24. The minimum absolute atomic E-state index is 0.304. The number of aliphatic hydroxyl groups is 1. The average molecular weight is 275 g/mol. The summed E-state index contributed by atoms with van der Waals surface area (Å²) in [7, 11) is 0. The van der Waals surface area contributed by atoms with E-state index in [1.165, 1.54) is 12.1 Å². The molecule has 0 saturated heterocycles. The van der Waals surface area contributed by atoms with Crippen LogP contribution >= 0.6 is 0 Å². The van der Waals surface area contributed by atoms with Gasteiger partial charge in [-0.15, -0.1) is 0 Å². The first-order valence-corrected chi connectivity index (χ1v) is 7.27. The summed E-state index contributed by atoms with van der Waals surface area (Å²) < 4.78 is 13.3. The molecular formula is C17H22FNO. The van der Waals surface area contributed by atoms with Gasteiger partial charge in [-0.05, 0) is 56.2 Å². The van der Waals surface area contributed by atoms with Gasteiger partial charge < -0.3 is 5.11 Å². The van der Waals surface area contributed by atoms with Gasteiger partial charge in [-0.1, -0.05) is 19.1 Å². The molecule has 1 aromatic rings. The molecule has 3 heteroatoms. The Bertz CT molecular complexity index is 510. The second-order valence-electron chi connectivity index (χ2n) is 6.46. The van der Waals surface area contributed by atoms with Crippen LogP contribution in [-0.4, -0.2) is 10.7 Å². The molecule has 0 amide bonds. The lowest BCUT2D eigenvalue weighted by atomic mass is 9.61. The lowest BCUT2D eigenvalue weighted by Crippen LogP contribution is -2.48. The van der Waals surface area contributed by atoms with Crippen molar-refractivity contribution in [3.63, 3.8) is 0 Å². The van der Waals surface area contributed by atoms with Crippen LogP contribution in [0.15, 0.2) is 24.3 Å². The first-order chi connectivity index (χ1) is 9.38. The van der Waals surface area contributed by atoms with Gasteiger partial charge in [0.05, 0.1) is 17.1 Å². The molecule has 1 aliphatic rings. The molecule has 0 heterocycles. The Kier molecular flexibility index (Phi) is 4.15. The second-order valence-corrected chi connectivity index (χ2v) is 6.46. The minimum atomic E-state index is -1.13. The highest BCUT2D eigenvalue weighted by Crippen LogP contribution is 2.47. The summed E-state index contributed by atoms with van der Waals surface area (Å²) in [6.07, 6.45) is 3.67. The summed E-state index contributed by atoms with van der Waals surface area (Å²) in [5, 5.41) is 20.5. The van der Waals surface area contributed by atoms with Crippen LogP contribution < -0.4 is 0 Å². The van der Waals surface area contributed by atoms with Gasteiger partial charge in [0.2, 0.25) is 0 Å².